The standard InChI is InChI=1S/C2H4Br.C2H4O2.Na/c1-2-3;1-2(3)4;/h1-2H2;1H3,(H,3,4);/q-1;;+1. The Morgan fingerprint density at radius 2 is 1.88 bits per heavy atom. The van der Waals surface area contributed by atoms with E-state index in [-0.39, 0.29) is 29.6 Å². The van der Waals surface area contributed by atoms with E-state index in [1.807, 2.05) is 0 Å². The smallest absolute Gasteiger partial charge is 0.481 e. The molecule has 0 atom stereocenters. The molecule has 0 aromatic carbocycles. The summed E-state index contributed by atoms with van der Waals surface area (Å²) < 4.78 is 0. The van der Waals surface area contributed by atoms with Gasteiger partial charge in [-0.25, -0.2) is 0 Å². The van der Waals surface area contributed by atoms with Crippen LogP contribution >= 0.6 is 15.9 Å². The van der Waals surface area contributed by atoms with E-state index in [4.69, 9.17) is 9.90 Å². The predicted molar refractivity (Wildman–Crippen MR) is 32.5 cm³/mol. The molecule has 2 nitrogen and oxygen atoms in total. The normalized spacial score (nSPS) is 5.38. The molecule has 0 saturated carbocycles. The van der Waals surface area contributed by atoms with Crippen LogP contribution in [-0.4, -0.2) is 16.4 Å². The Labute approximate surface area is 80.1 Å². The summed E-state index contributed by atoms with van der Waals surface area (Å²) in [5.41, 5.74) is 0. The fourth-order valence-electron chi connectivity index (χ4n) is 0. The number of halogens is 1. The molecule has 8 heavy (non-hydrogen) atoms. The molecular formula is C4H8BrNaO2. The number of carboxylic acids is 1. The summed E-state index contributed by atoms with van der Waals surface area (Å²) in [6, 6.07) is 0. The average molecular weight is 191 g/mol. The van der Waals surface area contributed by atoms with Crippen molar-refractivity contribution in [2.24, 2.45) is 0 Å². The summed E-state index contributed by atoms with van der Waals surface area (Å²) in [6.45, 7) is 4.49. The minimum Gasteiger partial charge on any atom is -0.481 e. The van der Waals surface area contributed by atoms with E-state index < -0.39 is 5.97 Å². The first kappa shape index (κ1) is 16.0. The first-order valence-electron chi connectivity index (χ1n) is 1.69. The monoisotopic (exact) mass is 190 g/mol. The van der Waals surface area contributed by atoms with Crippen LogP contribution in [0.4, 0.5) is 0 Å². The molecule has 0 unspecified atom stereocenters. The van der Waals surface area contributed by atoms with Crippen LogP contribution in [0.1, 0.15) is 6.92 Å². The fraction of sp³-hybridized carbons (Fsp3) is 0.500. The predicted octanol–water partition coefficient (Wildman–Crippen LogP) is -1.69. The van der Waals surface area contributed by atoms with Gasteiger partial charge in [0.2, 0.25) is 0 Å². The van der Waals surface area contributed by atoms with Crippen molar-refractivity contribution < 1.29 is 39.5 Å². The number of carboxylic acid groups (broad SMARTS) is 1. The third-order valence-electron chi connectivity index (χ3n) is 0. The van der Waals surface area contributed by atoms with Crippen LogP contribution in [0.3, 0.4) is 0 Å². The number of hydrogen-bond donors (Lipinski definition) is 1. The van der Waals surface area contributed by atoms with Gasteiger partial charge >= 0.3 is 29.6 Å². The molecule has 44 valence electrons. The Morgan fingerprint density at radius 3 is 1.88 bits per heavy atom. The minimum absolute atomic E-state index is 0. The van der Waals surface area contributed by atoms with Crippen molar-refractivity contribution >= 4 is 21.9 Å². The van der Waals surface area contributed by atoms with E-state index in [1.54, 1.807) is 0 Å². The van der Waals surface area contributed by atoms with Crippen LogP contribution in [0.25, 0.3) is 0 Å². The molecule has 0 radical (unpaired) electrons. The third kappa shape index (κ3) is 273. The number of carbonyl (C=O) groups is 1. The van der Waals surface area contributed by atoms with Crippen LogP contribution in [0.15, 0.2) is 0 Å². The van der Waals surface area contributed by atoms with Crippen LogP contribution in [0.2, 0.25) is 0 Å². The molecule has 4 heteroatoms. The molecule has 0 saturated heterocycles. The minimum atomic E-state index is -0.833. The molecule has 0 heterocycles. The van der Waals surface area contributed by atoms with E-state index in [0.717, 1.165) is 12.3 Å². The Balaban J connectivity index is -0.0000000575. The van der Waals surface area contributed by atoms with E-state index in [2.05, 4.69) is 22.9 Å². The van der Waals surface area contributed by atoms with Gasteiger partial charge in [0.1, 0.15) is 0 Å². The summed E-state index contributed by atoms with van der Waals surface area (Å²) in [7, 11) is 0. The second-order valence-corrected chi connectivity index (χ2v) is 1.50. The molecule has 0 aliphatic rings. The maximum atomic E-state index is 9.00. The summed E-state index contributed by atoms with van der Waals surface area (Å²) in [5, 5.41) is 8.23. The zero-order valence-corrected chi connectivity index (χ0v) is 8.73. The Kier molecular flexibility index (Phi) is 31.3. The second kappa shape index (κ2) is 15.7. The van der Waals surface area contributed by atoms with Gasteiger partial charge in [-0.3, -0.25) is 4.79 Å². The topological polar surface area (TPSA) is 37.3 Å². The van der Waals surface area contributed by atoms with Crippen molar-refractivity contribution in [3.63, 3.8) is 0 Å². The molecule has 0 spiro atoms. The first-order valence-corrected chi connectivity index (χ1v) is 2.82. The van der Waals surface area contributed by atoms with E-state index in [0.29, 0.717) is 0 Å². The zero-order valence-electron chi connectivity index (χ0n) is 5.15. The molecule has 0 aromatic heterocycles. The van der Waals surface area contributed by atoms with Crippen LogP contribution in [-0.2, 0) is 4.79 Å². The van der Waals surface area contributed by atoms with Crippen molar-refractivity contribution in [3.05, 3.63) is 6.92 Å². The molecular weight excluding hydrogens is 183 g/mol. The molecule has 0 aliphatic heterocycles. The Bertz CT molecular complexity index is 45.3. The molecule has 0 bridgehead atoms. The van der Waals surface area contributed by atoms with E-state index in [9.17, 15) is 0 Å². The summed E-state index contributed by atoms with van der Waals surface area (Å²) in [5.74, 6) is -0.833. The SMILES string of the molecule is CC(=O)O.[CH2-]CBr.[Na+]. The van der Waals surface area contributed by atoms with Gasteiger partial charge in [0.15, 0.2) is 0 Å². The van der Waals surface area contributed by atoms with Gasteiger partial charge in [0.25, 0.3) is 5.97 Å². The van der Waals surface area contributed by atoms with Crippen molar-refractivity contribution in [1.29, 1.82) is 0 Å². The third-order valence-corrected chi connectivity index (χ3v) is 0. The Morgan fingerprint density at radius 1 is 1.88 bits per heavy atom. The van der Waals surface area contributed by atoms with E-state index >= 15 is 0 Å². The van der Waals surface area contributed by atoms with Crippen LogP contribution in [0.5, 0.6) is 0 Å². The second-order valence-electron chi connectivity index (χ2n) is 0.708. The zero-order chi connectivity index (χ0) is 6.28. The molecule has 1 N–H and O–H groups in total. The molecule has 0 aliphatic carbocycles. The number of hydrogen-bond acceptors (Lipinski definition) is 1. The van der Waals surface area contributed by atoms with Gasteiger partial charge in [-0.2, -0.15) is 0 Å². The van der Waals surface area contributed by atoms with Gasteiger partial charge in [0, 0.05) is 6.92 Å². The fourth-order valence-corrected chi connectivity index (χ4v) is 0. The maximum absolute atomic E-state index is 9.00. The Hall–Kier alpha value is 0.950. The van der Waals surface area contributed by atoms with E-state index in [1.165, 1.54) is 0 Å². The van der Waals surface area contributed by atoms with Gasteiger partial charge in [-0.15, -0.1) is 21.3 Å². The van der Waals surface area contributed by atoms with Crippen molar-refractivity contribution in [1.82, 2.24) is 0 Å². The summed E-state index contributed by atoms with van der Waals surface area (Å²) >= 11 is 3.03. The largest absolute Gasteiger partial charge is 1.00 e. The van der Waals surface area contributed by atoms with Gasteiger partial charge < -0.3 is 12.0 Å². The molecule has 0 aromatic rings. The number of rotatable bonds is 0. The van der Waals surface area contributed by atoms with Crippen LogP contribution in [0, 0.1) is 6.92 Å². The van der Waals surface area contributed by atoms with Crippen molar-refractivity contribution in [2.45, 2.75) is 6.92 Å². The van der Waals surface area contributed by atoms with Crippen LogP contribution < -0.4 is 29.6 Å². The molecule has 0 amide bonds. The quantitative estimate of drug-likeness (QED) is 0.282. The molecule has 0 rings (SSSR count). The van der Waals surface area contributed by atoms with Gasteiger partial charge in [-0.1, -0.05) is 0 Å². The van der Waals surface area contributed by atoms with Crippen molar-refractivity contribution in [2.75, 3.05) is 5.33 Å². The first-order chi connectivity index (χ1) is 3.15. The summed E-state index contributed by atoms with van der Waals surface area (Å²) in [6.07, 6.45) is 0. The van der Waals surface area contributed by atoms with Gasteiger partial charge in [0.05, 0.1) is 0 Å². The number of aliphatic carboxylic acids is 1. The summed E-state index contributed by atoms with van der Waals surface area (Å²) in [4.78, 5) is 9.00. The molecule has 0 fully saturated rings. The van der Waals surface area contributed by atoms with Crippen molar-refractivity contribution in [3.8, 4) is 0 Å². The van der Waals surface area contributed by atoms with Gasteiger partial charge in [-0.05, 0) is 0 Å². The maximum Gasteiger partial charge on any atom is 1.00 e. The number of alkyl halides is 1. The average Bonchev–Trinajstić information content (AvgIpc) is 1.33.